The third-order valence-electron chi connectivity index (χ3n) is 2.46. The van der Waals surface area contributed by atoms with Gasteiger partial charge in [-0.15, -0.1) is 0 Å². The zero-order chi connectivity index (χ0) is 10.0. The highest BCUT2D eigenvalue weighted by atomic mass is 15.3. The second-order valence-corrected chi connectivity index (χ2v) is 3.94. The molecule has 0 aliphatic heterocycles. The third kappa shape index (κ3) is 1.93. The van der Waals surface area contributed by atoms with Crippen molar-refractivity contribution in [1.29, 1.82) is 0 Å². The fourth-order valence-electron chi connectivity index (χ4n) is 1.81. The van der Waals surface area contributed by atoms with Crippen molar-refractivity contribution in [2.75, 3.05) is 0 Å². The van der Waals surface area contributed by atoms with Crippen LogP contribution in [-0.2, 0) is 6.42 Å². The van der Waals surface area contributed by atoms with Gasteiger partial charge in [0.15, 0.2) is 0 Å². The summed E-state index contributed by atoms with van der Waals surface area (Å²) in [7, 11) is 0. The van der Waals surface area contributed by atoms with Crippen LogP contribution in [0.25, 0.3) is 0 Å². The lowest BCUT2D eigenvalue weighted by atomic mass is 10.1. The zero-order valence-electron chi connectivity index (χ0n) is 9.39. The molecule has 0 aliphatic rings. The summed E-state index contributed by atoms with van der Waals surface area (Å²) in [6, 6.07) is 0.476. The van der Waals surface area contributed by atoms with Gasteiger partial charge in [-0.2, -0.15) is 5.10 Å². The first-order chi connectivity index (χ1) is 6.07. The Kier molecular flexibility index (Phi) is 3.12. The van der Waals surface area contributed by atoms with Gasteiger partial charge < -0.3 is 0 Å². The average Bonchev–Trinajstić information content (AvgIpc) is 2.32. The maximum Gasteiger partial charge on any atom is 0.0628 e. The monoisotopic (exact) mass is 180 g/mol. The van der Waals surface area contributed by atoms with Crippen molar-refractivity contribution in [2.24, 2.45) is 0 Å². The summed E-state index contributed by atoms with van der Waals surface area (Å²) in [5, 5.41) is 4.54. The van der Waals surface area contributed by atoms with E-state index in [1.165, 1.54) is 23.4 Å². The van der Waals surface area contributed by atoms with Gasteiger partial charge in [-0.3, -0.25) is 4.68 Å². The summed E-state index contributed by atoms with van der Waals surface area (Å²) >= 11 is 0. The Morgan fingerprint density at radius 3 is 2.31 bits per heavy atom. The van der Waals surface area contributed by atoms with E-state index in [0.29, 0.717) is 6.04 Å². The lowest BCUT2D eigenvalue weighted by Gasteiger charge is -2.08. The van der Waals surface area contributed by atoms with Crippen molar-refractivity contribution in [1.82, 2.24) is 9.78 Å². The Bertz CT molecular complexity index is 285. The largest absolute Gasteiger partial charge is 0.267 e. The lowest BCUT2D eigenvalue weighted by Crippen LogP contribution is -2.05. The van der Waals surface area contributed by atoms with Gasteiger partial charge in [-0.1, -0.05) is 13.3 Å². The van der Waals surface area contributed by atoms with Crippen molar-refractivity contribution < 1.29 is 0 Å². The van der Waals surface area contributed by atoms with Gasteiger partial charge in [0.2, 0.25) is 0 Å². The summed E-state index contributed by atoms with van der Waals surface area (Å²) in [6.45, 7) is 10.8. The van der Waals surface area contributed by atoms with Crippen LogP contribution in [0.5, 0.6) is 0 Å². The lowest BCUT2D eigenvalue weighted by molar-refractivity contribution is 0.515. The zero-order valence-corrected chi connectivity index (χ0v) is 9.39. The molecule has 1 aromatic rings. The number of rotatable bonds is 3. The van der Waals surface area contributed by atoms with Crippen LogP contribution in [0.3, 0.4) is 0 Å². The third-order valence-corrected chi connectivity index (χ3v) is 2.46. The van der Waals surface area contributed by atoms with Crippen molar-refractivity contribution in [3.05, 3.63) is 17.0 Å². The molecular formula is C11H20N2. The van der Waals surface area contributed by atoms with Crippen molar-refractivity contribution in [3.63, 3.8) is 0 Å². The van der Waals surface area contributed by atoms with Crippen LogP contribution in [0.15, 0.2) is 0 Å². The molecule has 2 nitrogen and oxygen atoms in total. The first-order valence-electron chi connectivity index (χ1n) is 5.12. The summed E-state index contributed by atoms with van der Waals surface area (Å²) in [5.74, 6) is 0. The summed E-state index contributed by atoms with van der Waals surface area (Å²) < 4.78 is 2.13. The first-order valence-corrected chi connectivity index (χ1v) is 5.12. The molecule has 2 heteroatoms. The number of aromatic nitrogens is 2. The standard InChI is InChI=1S/C11H20N2/c1-6-7-11-9(4)12-13(8(2)3)10(11)5/h8H,6-7H2,1-5H3. The Balaban J connectivity index is 3.07. The van der Waals surface area contributed by atoms with E-state index in [1.54, 1.807) is 0 Å². The van der Waals surface area contributed by atoms with E-state index in [9.17, 15) is 0 Å². The van der Waals surface area contributed by atoms with E-state index in [-0.39, 0.29) is 0 Å². The molecule has 0 saturated heterocycles. The van der Waals surface area contributed by atoms with Gasteiger partial charge in [0.05, 0.1) is 5.69 Å². The maximum atomic E-state index is 4.54. The molecule has 0 unspecified atom stereocenters. The predicted molar refractivity (Wildman–Crippen MR) is 56.1 cm³/mol. The van der Waals surface area contributed by atoms with Crippen LogP contribution in [0.1, 0.15) is 50.2 Å². The van der Waals surface area contributed by atoms with Gasteiger partial charge in [-0.05, 0) is 39.7 Å². The van der Waals surface area contributed by atoms with Gasteiger partial charge in [0, 0.05) is 11.7 Å². The Labute approximate surface area is 81.0 Å². The quantitative estimate of drug-likeness (QED) is 0.699. The fraction of sp³-hybridized carbons (Fsp3) is 0.727. The van der Waals surface area contributed by atoms with Crippen LogP contribution in [0.2, 0.25) is 0 Å². The van der Waals surface area contributed by atoms with Gasteiger partial charge >= 0.3 is 0 Å². The molecule has 0 saturated carbocycles. The Morgan fingerprint density at radius 2 is 1.92 bits per heavy atom. The van der Waals surface area contributed by atoms with Gasteiger partial charge in [0.1, 0.15) is 0 Å². The van der Waals surface area contributed by atoms with E-state index in [0.717, 1.165) is 6.42 Å². The number of aryl methyl sites for hydroxylation is 1. The molecule has 1 heterocycles. The molecule has 0 spiro atoms. The molecule has 0 radical (unpaired) electrons. The highest BCUT2D eigenvalue weighted by Crippen LogP contribution is 2.18. The van der Waals surface area contributed by atoms with E-state index < -0.39 is 0 Å². The highest BCUT2D eigenvalue weighted by molar-refractivity contribution is 5.24. The molecule has 1 aromatic heterocycles. The second kappa shape index (κ2) is 3.95. The summed E-state index contributed by atoms with van der Waals surface area (Å²) in [5.41, 5.74) is 3.98. The molecule has 13 heavy (non-hydrogen) atoms. The van der Waals surface area contributed by atoms with Crippen LogP contribution < -0.4 is 0 Å². The molecule has 0 aromatic carbocycles. The molecule has 0 bridgehead atoms. The highest BCUT2D eigenvalue weighted by Gasteiger charge is 2.11. The first kappa shape index (κ1) is 10.3. The molecule has 1 rings (SSSR count). The molecule has 0 aliphatic carbocycles. The molecular weight excluding hydrogens is 160 g/mol. The Hall–Kier alpha value is -0.790. The predicted octanol–water partition coefficient (Wildman–Crippen LogP) is 3.03. The molecule has 74 valence electrons. The minimum Gasteiger partial charge on any atom is -0.267 e. The van der Waals surface area contributed by atoms with Crippen molar-refractivity contribution in [2.45, 2.75) is 53.5 Å². The number of hydrogen-bond acceptors (Lipinski definition) is 1. The van der Waals surface area contributed by atoms with E-state index in [1.807, 2.05) is 0 Å². The average molecular weight is 180 g/mol. The molecule has 0 fully saturated rings. The minimum absolute atomic E-state index is 0.476. The Morgan fingerprint density at radius 1 is 1.31 bits per heavy atom. The fourth-order valence-corrected chi connectivity index (χ4v) is 1.81. The molecule has 0 amide bonds. The molecule has 0 N–H and O–H groups in total. The van der Waals surface area contributed by atoms with E-state index in [2.05, 4.69) is 44.4 Å². The van der Waals surface area contributed by atoms with Gasteiger partial charge in [-0.25, -0.2) is 0 Å². The van der Waals surface area contributed by atoms with Crippen molar-refractivity contribution in [3.8, 4) is 0 Å². The maximum absolute atomic E-state index is 4.54. The van der Waals surface area contributed by atoms with E-state index in [4.69, 9.17) is 0 Å². The summed E-state index contributed by atoms with van der Waals surface area (Å²) in [4.78, 5) is 0. The van der Waals surface area contributed by atoms with Crippen molar-refractivity contribution >= 4 is 0 Å². The SMILES string of the molecule is CCCc1c(C)nn(C(C)C)c1C. The normalized spacial score (nSPS) is 11.2. The van der Waals surface area contributed by atoms with Crippen LogP contribution in [-0.4, -0.2) is 9.78 Å². The number of nitrogens with zero attached hydrogens (tertiary/aromatic N) is 2. The molecule has 0 atom stereocenters. The second-order valence-electron chi connectivity index (χ2n) is 3.94. The topological polar surface area (TPSA) is 17.8 Å². The van der Waals surface area contributed by atoms with Crippen LogP contribution in [0, 0.1) is 13.8 Å². The minimum atomic E-state index is 0.476. The van der Waals surface area contributed by atoms with Crippen LogP contribution >= 0.6 is 0 Å². The van der Waals surface area contributed by atoms with Crippen LogP contribution in [0.4, 0.5) is 0 Å². The summed E-state index contributed by atoms with van der Waals surface area (Å²) in [6.07, 6.45) is 2.36. The smallest absolute Gasteiger partial charge is 0.0628 e. The van der Waals surface area contributed by atoms with E-state index >= 15 is 0 Å². The van der Waals surface area contributed by atoms with Gasteiger partial charge in [0.25, 0.3) is 0 Å². The number of hydrogen-bond donors (Lipinski definition) is 0.